The average molecular weight is 340 g/mol. The van der Waals surface area contributed by atoms with Crippen LogP contribution in [0.25, 0.3) is 10.9 Å². The number of carbonyl (C=O) groups excluding carboxylic acids is 1. The predicted molar refractivity (Wildman–Crippen MR) is 92.2 cm³/mol. The molecule has 1 N–H and O–H groups in total. The van der Waals surface area contributed by atoms with Gasteiger partial charge in [-0.15, -0.1) is 0 Å². The summed E-state index contributed by atoms with van der Waals surface area (Å²) < 4.78 is 6.67. The third-order valence-electron chi connectivity index (χ3n) is 4.83. The van der Waals surface area contributed by atoms with Gasteiger partial charge in [0, 0.05) is 30.2 Å². The topological polar surface area (TPSA) is 88.9 Å². The van der Waals surface area contributed by atoms with Crippen LogP contribution in [0.3, 0.4) is 0 Å². The van der Waals surface area contributed by atoms with E-state index < -0.39 is 0 Å². The molecule has 2 aromatic heterocycles. The molecule has 0 amide bonds. The van der Waals surface area contributed by atoms with Crippen molar-refractivity contribution in [1.82, 2.24) is 25.2 Å². The second kappa shape index (κ2) is 6.54. The number of fused-ring (bicyclic) bond motifs is 1. The normalized spacial score (nSPS) is 15.6. The van der Waals surface area contributed by atoms with Crippen molar-refractivity contribution in [2.45, 2.75) is 19.4 Å². The summed E-state index contributed by atoms with van der Waals surface area (Å²) in [6, 6.07) is 8.23. The molecule has 3 heterocycles. The highest BCUT2D eigenvalue weighted by atomic mass is 16.5. The summed E-state index contributed by atoms with van der Waals surface area (Å²) in [6.07, 6.45) is 3.45. The Morgan fingerprint density at radius 3 is 2.96 bits per heavy atom. The summed E-state index contributed by atoms with van der Waals surface area (Å²) in [5.41, 5.74) is 2.27. The predicted octanol–water partition coefficient (Wildman–Crippen LogP) is 1.59. The van der Waals surface area contributed by atoms with Crippen molar-refractivity contribution in [3.63, 3.8) is 0 Å². The zero-order chi connectivity index (χ0) is 17.2. The van der Waals surface area contributed by atoms with Gasteiger partial charge in [0.1, 0.15) is 0 Å². The van der Waals surface area contributed by atoms with E-state index in [-0.39, 0.29) is 11.9 Å². The minimum atomic E-state index is -0.127. The first-order chi connectivity index (χ1) is 12.3. The quantitative estimate of drug-likeness (QED) is 0.726. The van der Waals surface area contributed by atoms with Gasteiger partial charge in [-0.25, -0.2) is 4.68 Å². The smallest absolute Gasteiger partial charge is 0.308 e. The van der Waals surface area contributed by atoms with Gasteiger partial charge in [-0.2, -0.15) is 0 Å². The van der Waals surface area contributed by atoms with E-state index in [1.807, 2.05) is 16.9 Å². The highest BCUT2D eigenvalue weighted by Gasteiger charge is 2.28. The first kappa shape index (κ1) is 15.6. The lowest BCUT2D eigenvalue weighted by Crippen LogP contribution is -2.38. The van der Waals surface area contributed by atoms with Gasteiger partial charge in [-0.3, -0.25) is 4.79 Å². The fraction of sp³-hybridized carbons (Fsp3) is 0.412. The standard InChI is InChI=1S/C17H20N6O2/c1-25-16(24)12-6-9-22(10-7-12)17-19-20-21-23(17)11-13-3-2-4-15-14(13)5-8-18-15/h2-5,8,12,18H,6-7,9-11H2,1H3. The lowest BCUT2D eigenvalue weighted by molar-refractivity contribution is -0.146. The second-order valence-corrected chi connectivity index (χ2v) is 6.28. The largest absolute Gasteiger partial charge is 0.469 e. The van der Waals surface area contributed by atoms with Gasteiger partial charge in [0.2, 0.25) is 5.95 Å². The van der Waals surface area contributed by atoms with E-state index in [2.05, 4.69) is 43.6 Å². The number of anilines is 1. The van der Waals surface area contributed by atoms with Crippen LogP contribution in [0.1, 0.15) is 18.4 Å². The van der Waals surface area contributed by atoms with Crippen LogP contribution in [0.2, 0.25) is 0 Å². The van der Waals surface area contributed by atoms with E-state index in [1.165, 1.54) is 12.5 Å². The first-order valence-electron chi connectivity index (χ1n) is 8.40. The number of nitrogens with zero attached hydrogens (tertiary/aromatic N) is 5. The fourth-order valence-corrected chi connectivity index (χ4v) is 3.46. The van der Waals surface area contributed by atoms with Crippen LogP contribution < -0.4 is 4.90 Å². The molecule has 1 aliphatic rings. The Hall–Kier alpha value is -2.90. The molecule has 8 nitrogen and oxygen atoms in total. The van der Waals surface area contributed by atoms with Crippen molar-refractivity contribution in [3.8, 4) is 0 Å². The third-order valence-corrected chi connectivity index (χ3v) is 4.83. The molecule has 0 radical (unpaired) electrons. The highest BCUT2D eigenvalue weighted by Crippen LogP contribution is 2.24. The summed E-state index contributed by atoms with van der Waals surface area (Å²) in [5.74, 6) is 0.591. The number of aromatic amines is 1. The van der Waals surface area contributed by atoms with Gasteiger partial charge in [0.15, 0.2) is 0 Å². The number of piperidine rings is 1. The Bertz CT molecular complexity index is 878. The van der Waals surface area contributed by atoms with Crippen LogP contribution >= 0.6 is 0 Å². The number of H-pyrrole nitrogens is 1. The molecule has 4 rings (SSSR count). The third kappa shape index (κ3) is 2.95. The number of hydrogen-bond acceptors (Lipinski definition) is 6. The summed E-state index contributed by atoms with van der Waals surface area (Å²) in [4.78, 5) is 17.0. The molecule has 1 fully saturated rings. The number of nitrogens with one attached hydrogen (secondary N) is 1. The van der Waals surface area contributed by atoms with E-state index in [9.17, 15) is 4.79 Å². The van der Waals surface area contributed by atoms with Crippen LogP contribution in [0.4, 0.5) is 5.95 Å². The number of ether oxygens (including phenoxy) is 1. The van der Waals surface area contributed by atoms with Gasteiger partial charge in [-0.1, -0.05) is 17.2 Å². The maximum atomic E-state index is 11.7. The Morgan fingerprint density at radius 2 is 2.16 bits per heavy atom. The van der Waals surface area contributed by atoms with Gasteiger partial charge < -0.3 is 14.6 Å². The molecule has 1 saturated heterocycles. The lowest BCUT2D eigenvalue weighted by atomic mass is 9.97. The molecule has 0 saturated carbocycles. The van der Waals surface area contributed by atoms with Crippen molar-refractivity contribution >= 4 is 22.8 Å². The first-order valence-corrected chi connectivity index (χ1v) is 8.40. The van der Waals surface area contributed by atoms with Crippen LogP contribution in [0, 0.1) is 5.92 Å². The highest BCUT2D eigenvalue weighted by molar-refractivity contribution is 5.82. The molecule has 0 aliphatic carbocycles. The Morgan fingerprint density at radius 1 is 1.32 bits per heavy atom. The molecular weight excluding hydrogens is 320 g/mol. The molecule has 3 aromatic rings. The summed E-state index contributed by atoms with van der Waals surface area (Å²) >= 11 is 0. The average Bonchev–Trinajstić information content (AvgIpc) is 3.31. The summed E-state index contributed by atoms with van der Waals surface area (Å²) in [7, 11) is 1.44. The Labute approximate surface area is 144 Å². The number of carbonyl (C=O) groups is 1. The summed E-state index contributed by atoms with van der Waals surface area (Å²) in [5, 5.41) is 13.4. The van der Waals surface area contributed by atoms with Crippen molar-refractivity contribution in [1.29, 1.82) is 0 Å². The van der Waals surface area contributed by atoms with Crippen LogP contribution in [0.5, 0.6) is 0 Å². The number of rotatable bonds is 4. The van der Waals surface area contributed by atoms with Crippen molar-refractivity contribution < 1.29 is 9.53 Å². The molecule has 8 heteroatoms. The monoisotopic (exact) mass is 340 g/mol. The molecule has 0 spiro atoms. The fourth-order valence-electron chi connectivity index (χ4n) is 3.46. The molecule has 130 valence electrons. The van der Waals surface area contributed by atoms with Gasteiger partial charge in [0.05, 0.1) is 19.6 Å². The number of aromatic nitrogens is 5. The molecule has 0 atom stereocenters. The number of benzene rings is 1. The maximum absolute atomic E-state index is 11.7. The van der Waals surface area contributed by atoms with E-state index in [0.29, 0.717) is 6.54 Å². The van der Waals surface area contributed by atoms with Crippen molar-refractivity contribution in [2.75, 3.05) is 25.1 Å². The maximum Gasteiger partial charge on any atom is 0.308 e. The number of tetrazole rings is 1. The van der Waals surface area contributed by atoms with E-state index >= 15 is 0 Å². The SMILES string of the molecule is COC(=O)C1CCN(c2nnnn2Cc2cccc3[nH]ccc23)CC1. The molecule has 0 bridgehead atoms. The lowest BCUT2D eigenvalue weighted by Gasteiger charge is -2.30. The second-order valence-electron chi connectivity index (χ2n) is 6.28. The van der Waals surface area contributed by atoms with Crippen molar-refractivity contribution in [3.05, 3.63) is 36.0 Å². The summed E-state index contributed by atoms with van der Waals surface area (Å²) in [6.45, 7) is 2.09. The van der Waals surface area contributed by atoms with E-state index in [0.717, 1.165) is 43.0 Å². The zero-order valence-corrected chi connectivity index (χ0v) is 14.1. The molecule has 0 unspecified atom stereocenters. The van der Waals surface area contributed by atoms with E-state index in [1.54, 1.807) is 0 Å². The number of esters is 1. The zero-order valence-electron chi connectivity index (χ0n) is 14.1. The van der Waals surface area contributed by atoms with Crippen LogP contribution in [-0.2, 0) is 16.1 Å². The Balaban J connectivity index is 1.52. The molecular formula is C17H20N6O2. The van der Waals surface area contributed by atoms with E-state index in [4.69, 9.17) is 4.74 Å². The molecule has 1 aliphatic heterocycles. The van der Waals surface area contributed by atoms with Gasteiger partial charge >= 0.3 is 5.97 Å². The van der Waals surface area contributed by atoms with Gasteiger partial charge in [-0.05, 0) is 41.0 Å². The number of hydrogen-bond donors (Lipinski definition) is 1. The minimum Gasteiger partial charge on any atom is -0.469 e. The van der Waals surface area contributed by atoms with Crippen LogP contribution in [-0.4, -0.2) is 51.4 Å². The molecule has 25 heavy (non-hydrogen) atoms. The Kier molecular flexibility index (Phi) is 4.09. The van der Waals surface area contributed by atoms with Gasteiger partial charge in [0.25, 0.3) is 0 Å². The number of methoxy groups -OCH3 is 1. The molecule has 1 aromatic carbocycles. The minimum absolute atomic E-state index is 0.0285. The van der Waals surface area contributed by atoms with Crippen LogP contribution in [0.15, 0.2) is 30.5 Å². The van der Waals surface area contributed by atoms with Crippen molar-refractivity contribution in [2.24, 2.45) is 5.92 Å².